The van der Waals surface area contributed by atoms with Crippen molar-refractivity contribution in [3.05, 3.63) is 84.9 Å². The molecule has 0 unspecified atom stereocenters. The fraction of sp³-hybridized carbons (Fsp3) is 0.0769. The third kappa shape index (κ3) is 3.93. The number of hydrogen-bond donors (Lipinski definition) is 0. The molecule has 0 atom stereocenters. The Labute approximate surface area is 195 Å². The van der Waals surface area contributed by atoms with Gasteiger partial charge in [0.15, 0.2) is 23.3 Å². The van der Waals surface area contributed by atoms with Crippen LogP contribution in [-0.4, -0.2) is 41.3 Å². The van der Waals surface area contributed by atoms with E-state index in [9.17, 15) is 9.59 Å². The predicted molar refractivity (Wildman–Crippen MR) is 128 cm³/mol. The highest BCUT2D eigenvalue weighted by atomic mass is 16.2. The van der Waals surface area contributed by atoms with Crippen LogP contribution in [0.3, 0.4) is 0 Å². The van der Waals surface area contributed by atoms with Crippen LogP contribution >= 0.6 is 0 Å². The highest BCUT2D eigenvalue weighted by molar-refractivity contribution is 5.82. The van der Waals surface area contributed by atoms with Crippen molar-refractivity contribution in [1.29, 1.82) is 0 Å². The topological polar surface area (TPSA) is 95.6 Å². The van der Waals surface area contributed by atoms with Gasteiger partial charge in [0.25, 0.3) is 0 Å². The molecule has 8 heteroatoms. The maximum atomic E-state index is 12.2. The third-order valence-electron chi connectivity index (χ3n) is 5.25. The van der Waals surface area contributed by atoms with Gasteiger partial charge < -0.3 is 0 Å². The summed E-state index contributed by atoms with van der Waals surface area (Å²) in [6.45, 7) is 2.90. The Morgan fingerprint density at radius 2 is 0.941 bits per heavy atom. The van der Waals surface area contributed by atoms with Crippen LogP contribution in [0.15, 0.2) is 84.9 Å². The smallest absolute Gasteiger partial charge is 0.245 e. The molecule has 2 heterocycles. The monoisotopic (exact) mass is 448 g/mol. The Hall–Kier alpha value is -4.72. The first-order chi connectivity index (χ1) is 16.5. The van der Waals surface area contributed by atoms with Crippen LogP contribution in [0.2, 0.25) is 0 Å². The molecule has 5 rings (SSSR count). The molecule has 8 nitrogen and oxygen atoms in total. The van der Waals surface area contributed by atoms with Crippen molar-refractivity contribution in [3.63, 3.8) is 0 Å². The van der Waals surface area contributed by atoms with Crippen LogP contribution in [-0.2, 0) is 0 Å². The Morgan fingerprint density at radius 3 is 1.32 bits per heavy atom. The van der Waals surface area contributed by atoms with E-state index in [0.29, 0.717) is 34.4 Å². The van der Waals surface area contributed by atoms with E-state index < -0.39 is 0 Å². The minimum atomic E-state index is -0.233. The summed E-state index contributed by atoms with van der Waals surface area (Å²) in [6.07, 6.45) is 0. The van der Waals surface area contributed by atoms with E-state index in [2.05, 4.69) is 20.2 Å². The molecule has 0 bridgehead atoms. The van der Waals surface area contributed by atoms with Crippen LogP contribution < -0.4 is 0 Å². The molecular weight excluding hydrogens is 428 g/mol. The van der Waals surface area contributed by atoms with Gasteiger partial charge in [-0.2, -0.15) is 9.36 Å². The second-order valence-corrected chi connectivity index (χ2v) is 7.69. The third-order valence-corrected chi connectivity index (χ3v) is 5.25. The summed E-state index contributed by atoms with van der Waals surface area (Å²) < 4.78 is 2.60. The fourth-order valence-electron chi connectivity index (χ4n) is 3.65. The van der Waals surface area contributed by atoms with E-state index >= 15 is 0 Å². The summed E-state index contributed by atoms with van der Waals surface area (Å²) in [4.78, 5) is 33.7. The van der Waals surface area contributed by atoms with E-state index in [-0.39, 0.29) is 11.8 Å². The molecule has 0 aliphatic rings. The van der Waals surface area contributed by atoms with Gasteiger partial charge in [-0.1, -0.05) is 78.9 Å². The largest absolute Gasteiger partial charge is 0.273 e. The van der Waals surface area contributed by atoms with Crippen molar-refractivity contribution in [3.8, 4) is 45.6 Å². The molecule has 0 fully saturated rings. The molecule has 0 radical (unpaired) electrons. The fourth-order valence-corrected chi connectivity index (χ4v) is 3.65. The molecule has 3 aromatic carbocycles. The summed E-state index contributed by atoms with van der Waals surface area (Å²) in [5.41, 5.74) is 2.99. The summed E-state index contributed by atoms with van der Waals surface area (Å²) in [5, 5.41) is 8.89. The summed E-state index contributed by atoms with van der Waals surface area (Å²) in [7, 11) is 0. The average molecular weight is 448 g/mol. The van der Waals surface area contributed by atoms with Crippen molar-refractivity contribution < 1.29 is 9.59 Å². The normalized spacial score (nSPS) is 10.9. The lowest BCUT2D eigenvalue weighted by Gasteiger charge is -2.00. The minimum Gasteiger partial charge on any atom is -0.273 e. The summed E-state index contributed by atoms with van der Waals surface area (Å²) >= 11 is 0. The molecule has 0 saturated heterocycles. The molecule has 0 aliphatic heterocycles. The van der Waals surface area contributed by atoms with Gasteiger partial charge in [0, 0.05) is 36.1 Å². The number of nitrogens with zero attached hydrogens (tertiary/aromatic N) is 6. The summed E-state index contributed by atoms with van der Waals surface area (Å²) in [5.74, 6) is 1.29. The van der Waals surface area contributed by atoms with Crippen molar-refractivity contribution >= 4 is 11.8 Å². The number of carbonyl (C=O) groups excluding carboxylic acids is 2. The number of rotatable bonds is 4. The predicted octanol–water partition coefficient (Wildman–Crippen LogP) is 4.86. The van der Waals surface area contributed by atoms with Crippen LogP contribution in [0.5, 0.6) is 0 Å². The first-order valence-electron chi connectivity index (χ1n) is 10.7. The zero-order valence-corrected chi connectivity index (χ0v) is 18.6. The van der Waals surface area contributed by atoms with E-state index in [0.717, 1.165) is 11.1 Å². The van der Waals surface area contributed by atoms with Gasteiger partial charge in [0.1, 0.15) is 0 Å². The highest BCUT2D eigenvalue weighted by Crippen LogP contribution is 2.27. The molecular formula is C26H20N6O2. The van der Waals surface area contributed by atoms with Gasteiger partial charge in [-0.3, -0.25) is 9.59 Å². The average Bonchev–Trinajstić information content (AvgIpc) is 3.51. The zero-order valence-electron chi connectivity index (χ0n) is 18.6. The Balaban J connectivity index is 1.58. The van der Waals surface area contributed by atoms with Gasteiger partial charge in [0.05, 0.1) is 0 Å². The van der Waals surface area contributed by atoms with E-state index in [1.807, 2.05) is 84.9 Å². The molecule has 0 spiro atoms. The summed E-state index contributed by atoms with van der Waals surface area (Å²) in [6, 6.07) is 26.3. The van der Waals surface area contributed by atoms with Gasteiger partial charge >= 0.3 is 0 Å². The highest BCUT2D eigenvalue weighted by Gasteiger charge is 2.19. The maximum absolute atomic E-state index is 12.2. The number of benzene rings is 3. The van der Waals surface area contributed by atoms with Crippen LogP contribution in [0, 0.1) is 0 Å². The lowest BCUT2D eigenvalue weighted by atomic mass is 10.1. The first kappa shape index (κ1) is 21.1. The Morgan fingerprint density at radius 1 is 0.559 bits per heavy atom. The Bertz CT molecular complexity index is 1390. The quantitative estimate of drug-likeness (QED) is 0.390. The van der Waals surface area contributed by atoms with Crippen LogP contribution in [0.1, 0.15) is 23.4 Å². The van der Waals surface area contributed by atoms with E-state index in [1.54, 1.807) is 0 Å². The minimum absolute atomic E-state index is 0.233. The molecule has 2 aromatic heterocycles. The lowest BCUT2D eigenvalue weighted by Crippen LogP contribution is -2.09. The van der Waals surface area contributed by atoms with Gasteiger partial charge in [0.2, 0.25) is 11.8 Å². The van der Waals surface area contributed by atoms with Crippen molar-refractivity contribution in [2.24, 2.45) is 0 Å². The van der Waals surface area contributed by atoms with Gasteiger partial charge in [-0.25, -0.2) is 9.97 Å². The first-order valence-corrected chi connectivity index (χ1v) is 10.7. The molecule has 0 saturated carbocycles. The molecule has 166 valence electrons. The molecule has 0 aliphatic carbocycles. The van der Waals surface area contributed by atoms with Crippen LogP contribution in [0.25, 0.3) is 45.6 Å². The van der Waals surface area contributed by atoms with E-state index in [1.165, 1.54) is 23.2 Å². The molecule has 34 heavy (non-hydrogen) atoms. The second-order valence-electron chi connectivity index (χ2n) is 7.69. The zero-order chi connectivity index (χ0) is 23.7. The Kier molecular flexibility index (Phi) is 5.39. The molecule has 0 N–H and O–H groups in total. The van der Waals surface area contributed by atoms with Gasteiger partial charge in [-0.05, 0) is 6.07 Å². The van der Waals surface area contributed by atoms with E-state index in [4.69, 9.17) is 0 Å². The second kappa shape index (κ2) is 8.67. The van der Waals surface area contributed by atoms with Crippen molar-refractivity contribution in [1.82, 2.24) is 29.5 Å². The lowest BCUT2D eigenvalue weighted by molar-refractivity contribution is 0.0915. The number of aromatic nitrogens is 6. The maximum Gasteiger partial charge on any atom is 0.245 e. The molecule has 5 aromatic rings. The number of carbonyl (C=O) groups is 2. The SMILES string of the molecule is CC(=O)n1nc(-c2cccc(-c3nc(-c4ccccc4)n(C(C)=O)n3)c2)nc1-c1ccccc1. The standard InChI is InChI=1S/C26H20N6O2/c1-17(33)31-25(19-10-5-3-6-11-19)27-23(29-31)21-14-9-15-22(16-21)24-28-26(32(30-24)18(2)34)20-12-7-4-8-13-20/h3-16H,1-2H3. The van der Waals surface area contributed by atoms with Crippen molar-refractivity contribution in [2.45, 2.75) is 13.8 Å². The molecule has 0 amide bonds. The van der Waals surface area contributed by atoms with Crippen molar-refractivity contribution in [2.75, 3.05) is 0 Å². The van der Waals surface area contributed by atoms with Gasteiger partial charge in [-0.15, -0.1) is 10.2 Å². The van der Waals surface area contributed by atoms with Crippen LogP contribution in [0.4, 0.5) is 0 Å². The number of hydrogen-bond acceptors (Lipinski definition) is 6.